The molecule has 0 atom stereocenters. The molecule has 0 radical (unpaired) electrons. The topological polar surface area (TPSA) is 71.6 Å². The number of hydrogen-bond donors (Lipinski definition) is 1. The van der Waals surface area contributed by atoms with Crippen molar-refractivity contribution in [2.75, 3.05) is 33.7 Å². The summed E-state index contributed by atoms with van der Waals surface area (Å²) in [7, 11) is 2.35. The van der Waals surface area contributed by atoms with Gasteiger partial charge >= 0.3 is 0 Å². The Hall–Kier alpha value is -0.890. The molecule has 0 aliphatic heterocycles. The predicted octanol–water partition coefficient (Wildman–Crippen LogP) is 0.446. The van der Waals surface area contributed by atoms with E-state index in [0.29, 0.717) is 24.5 Å². The van der Waals surface area contributed by atoms with E-state index in [9.17, 15) is 8.42 Å². The summed E-state index contributed by atoms with van der Waals surface area (Å²) in [6, 6.07) is 1.66. The highest BCUT2D eigenvalue weighted by atomic mass is 32.2. The first-order valence-corrected chi connectivity index (χ1v) is 8.27. The summed E-state index contributed by atoms with van der Waals surface area (Å²) in [5, 5.41) is 0. The Morgan fingerprint density at radius 3 is 2.40 bits per heavy atom. The van der Waals surface area contributed by atoms with Crippen molar-refractivity contribution in [3.63, 3.8) is 0 Å². The van der Waals surface area contributed by atoms with Gasteiger partial charge in [-0.05, 0) is 33.1 Å². The van der Waals surface area contributed by atoms with Gasteiger partial charge < -0.3 is 15.2 Å². The van der Waals surface area contributed by atoms with E-state index in [1.807, 2.05) is 28.1 Å². The largest absolute Gasteiger partial charge is 0.352 e. The van der Waals surface area contributed by atoms with Crippen molar-refractivity contribution < 1.29 is 8.42 Å². The second-order valence-electron chi connectivity index (χ2n) is 5.14. The van der Waals surface area contributed by atoms with Gasteiger partial charge in [0, 0.05) is 38.6 Å². The van der Waals surface area contributed by atoms with Crippen molar-refractivity contribution in [2.45, 2.75) is 24.8 Å². The lowest BCUT2D eigenvalue weighted by Crippen LogP contribution is -2.33. The van der Waals surface area contributed by atoms with Gasteiger partial charge in [-0.2, -0.15) is 4.31 Å². The minimum Gasteiger partial charge on any atom is -0.352 e. The summed E-state index contributed by atoms with van der Waals surface area (Å²) in [4.78, 5) is 2.38. The lowest BCUT2D eigenvalue weighted by molar-refractivity contribution is 0.356. The molecule has 0 aliphatic rings. The molecule has 1 aromatic rings. The van der Waals surface area contributed by atoms with Crippen molar-refractivity contribution in [3.8, 4) is 0 Å². The van der Waals surface area contributed by atoms with Crippen LogP contribution in [0.4, 0.5) is 0 Å². The van der Waals surface area contributed by atoms with Gasteiger partial charge in [0.25, 0.3) is 0 Å². The highest BCUT2D eigenvalue weighted by molar-refractivity contribution is 7.89. The van der Waals surface area contributed by atoms with Crippen LogP contribution >= 0.6 is 0 Å². The van der Waals surface area contributed by atoms with Crippen LogP contribution in [0.1, 0.15) is 19.0 Å². The van der Waals surface area contributed by atoms with Crippen LogP contribution < -0.4 is 5.73 Å². The highest BCUT2D eigenvalue weighted by Gasteiger charge is 2.24. The molecule has 6 nitrogen and oxygen atoms in total. The third kappa shape index (κ3) is 4.05. The van der Waals surface area contributed by atoms with Gasteiger partial charge in [0.05, 0.1) is 0 Å². The predicted molar refractivity (Wildman–Crippen MR) is 80.9 cm³/mol. The Morgan fingerprint density at radius 2 is 1.95 bits per heavy atom. The van der Waals surface area contributed by atoms with Crippen molar-refractivity contribution in [1.29, 1.82) is 0 Å². The van der Waals surface area contributed by atoms with Crippen molar-refractivity contribution in [3.05, 3.63) is 18.0 Å². The smallest absolute Gasteiger partial charge is 0.244 e. The van der Waals surface area contributed by atoms with Gasteiger partial charge in [-0.15, -0.1) is 0 Å². The summed E-state index contributed by atoms with van der Waals surface area (Å²) < 4.78 is 28.4. The number of rotatable bonds is 8. The van der Waals surface area contributed by atoms with E-state index in [0.717, 1.165) is 18.7 Å². The van der Waals surface area contributed by atoms with E-state index in [1.165, 1.54) is 4.31 Å². The van der Waals surface area contributed by atoms with E-state index in [1.54, 1.807) is 16.8 Å². The molecule has 0 bridgehead atoms. The maximum Gasteiger partial charge on any atom is 0.244 e. The van der Waals surface area contributed by atoms with Crippen LogP contribution in [0.15, 0.2) is 17.2 Å². The molecule has 1 aromatic heterocycles. The van der Waals surface area contributed by atoms with Crippen LogP contribution in [-0.4, -0.2) is 55.9 Å². The quantitative estimate of drug-likeness (QED) is 0.756. The fraction of sp³-hybridized carbons (Fsp3) is 0.692. The van der Waals surface area contributed by atoms with E-state index >= 15 is 0 Å². The van der Waals surface area contributed by atoms with Crippen molar-refractivity contribution in [2.24, 2.45) is 12.8 Å². The first-order chi connectivity index (χ1) is 9.32. The number of aryl methyl sites for hydroxylation is 1. The molecule has 1 rings (SSSR count). The van der Waals surface area contributed by atoms with Gasteiger partial charge in [-0.1, -0.05) is 6.92 Å². The van der Waals surface area contributed by atoms with E-state index in [4.69, 9.17) is 5.73 Å². The normalized spacial score (nSPS) is 12.6. The molecule has 0 amide bonds. The van der Waals surface area contributed by atoms with E-state index in [-0.39, 0.29) is 0 Å². The van der Waals surface area contributed by atoms with Crippen LogP contribution in [0.5, 0.6) is 0 Å². The second kappa shape index (κ2) is 7.21. The number of nitrogens with zero attached hydrogens (tertiary/aromatic N) is 3. The van der Waals surface area contributed by atoms with Crippen LogP contribution in [0.3, 0.4) is 0 Å². The third-order valence-electron chi connectivity index (χ3n) is 3.30. The molecular weight excluding hydrogens is 276 g/mol. The first-order valence-electron chi connectivity index (χ1n) is 6.83. The number of hydrogen-bond acceptors (Lipinski definition) is 4. The molecule has 0 spiro atoms. The monoisotopic (exact) mass is 302 g/mol. The molecule has 0 aromatic carbocycles. The summed E-state index contributed by atoms with van der Waals surface area (Å²) in [6.45, 7) is 4.07. The third-order valence-corrected chi connectivity index (χ3v) is 5.23. The average Bonchev–Trinajstić information content (AvgIpc) is 2.76. The van der Waals surface area contributed by atoms with Crippen molar-refractivity contribution >= 4 is 10.0 Å². The molecule has 0 fully saturated rings. The minimum atomic E-state index is -3.42. The SMILES string of the molecule is CCN(CCCN(C)C)S(=O)(=O)c1cc(CN)n(C)c1. The Kier molecular flexibility index (Phi) is 6.19. The summed E-state index contributed by atoms with van der Waals surface area (Å²) in [5.41, 5.74) is 6.41. The van der Waals surface area contributed by atoms with Gasteiger partial charge in [-0.3, -0.25) is 0 Å². The zero-order chi connectivity index (χ0) is 15.3. The number of nitrogens with two attached hydrogens (primary N) is 1. The van der Waals surface area contributed by atoms with Gasteiger partial charge in [-0.25, -0.2) is 8.42 Å². The molecule has 7 heteroatoms. The maximum atomic E-state index is 12.6. The number of aromatic nitrogens is 1. The fourth-order valence-electron chi connectivity index (χ4n) is 2.08. The number of sulfonamides is 1. The van der Waals surface area contributed by atoms with Gasteiger partial charge in [0.2, 0.25) is 10.0 Å². The Balaban J connectivity index is 2.88. The van der Waals surface area contributed by atoms with Crippen LogP contribution in [-0.2, 0) is 23.6 Å². The maximum absolute atomic E-state index is 12.6. The van der Waals surface area contributed by atoms with E-state index < -0.39 is 10.0 Å². The van der Waals surface area contributed by atoms with Crippen LogP contribution in [0.25, 0.3) is 0 Å². The van der Waals surface area contributed by atoms with Crippen LogP contribution in [0, 0.1) is 0 Å². The molecule has 2 N–H and O–H groups in total. The summed E-state index contributed by atoms with van der Waals surface area (Å²) in [5.74, 6) is 0. The lowest BCUT2D eigenvalue weighted by Gasteiger charge is -2.20. The molecular formula is C13H26N4O2S. The van der Waals surface area contributed by atoms with Crippen LogP contribution in [0.2, 0.25) is 0 Å². The molecule has 20 heavy (non-hydrogen) atoms. The van der Waals surface area contributed by atoms with Gasteiger partial charge in [0.1, 0.15) is 4.90 Å². The lowest BCUT2D eigenvalue weighted by atomic mass is 10.4. The average molecular weight is 302 g/mol. The second-order valence-corrected chi connectivity index (χ2v) is 7.07. The molecule has 116 valence electrons. The minimum absolute atomic E-state index is 0.326. The van der Waals surface area contributed by atoms with Crippen molar-refractivity contribution in [1.82, 2.24) is 13.8 Å². The zero-order valence-electron chi connectivity index (χ0n) is 12.8. The zero-order valence-corrected chi connectivity index (χ0v) is 13.7. The molecule has 0 saturated heterocycles. The van der Waals surface area contributed by atoms with Gasteiger partial charge in [0.15, 0.2) is 0 Å². The fourth-order valence-corrected chi connectivity index (χ4v) is 3.67. The first kappa shape index (κ1) is 17.2. The summed E-state index contributed by atoms with van der Waals surface area (Å²) >= 11 is 0. The van der Waals surface area contributed by atoms with E-state index in [2.05, 4.69) is 4.90 Å². The molecule has 0 aliphatic carbocycles. The standard InChI is InChI=1S/C13H26N4O2S/c1-5-17(8-6-7-15(2)3)20(18,19)13-9-12(10-14)16(4)11-13/h9,11H,5-8,10,14H2,1-4H3. The Morgan fingerprint density at radius 1 is 1.30 bits per heavy atom. The Labute approximate surface area is 122 Å². The molecule has 0 unspecified atom stereocenters. The Bertz CT molecular complexity index is 522. The molecule has 0 saturated carbocycles. The molecule has 1 heterocycles. The highest BCUT2D eigenvalue weighted by Crippen LogP contribution is 2.18. The summed E-state index contributed by atoms with van der Waals surface area (Å²) in [6.07, 6.45) is 2.45.